The van der Waals surface area contributed by atoms with Gasteiger partial charge in [-0.2, -0.15) is 0 Å². The Balaban J connectivity index is 4.04. The number of carbonyl (C=O) groups is 2. The zero-order valence-electron chi connectivity index (χ0n) is 9.77. The molecule has 0 aliphatic heterocycles. The van der Waals surface area contributed by atoms with Gasteiger partial charge in [-0.05, 0) is 20.3 Å². The SMILES string of the molecule is CCN(CCCO)C(=O)NC(C)CC(=O)O. The lowest BCUT2D eigenvalue weighted by atomic mass is 10.2. The van der Waals surface area contributed by atoms with Crippen molar-refractivity contribution < 1.29 is 19.8 Å². The number of amides is 2. The Bertz CT molecular complexity index is 233. The second kappa shape index (κ2) is 7.92. The number of carboxylic acid groups (broad SMARTS) is 1. The predicted octanol–water partition coefficient (Wildman–Crippen LogP) is 0.263. The van der Waals surface area contributed by atoms with Crippen molar-refractivity contribution in [1.29, 1.82) is 0 Å². The molecular weight excluding hydrogens is 212 g/mol. The van der Waals surface area contributed by atoms with Crippen molar-refractivity contribution in [3.05, 3.63) is 0 Å². The van der Waals surface area contributed by atoms with Gasteiger partial charge < -0.3 is 20.4 Å². The maximum atomic E-state index is 11.6. The first-order valence-electron chi connectivity index (χ1n) is 5.39. The van der Waals surface area contributed by atoms with Crippen LogP contribution in [0.3, 0.4) is 0 Å². The van der Waals surface area contributed by atoms with E-state index >= 15 is 0 Å². The summed E-state index contributed by atoms with van der Waals surface area (Å²) in [6.07, 6.45) is 0.428. The minimum absolute atomic E-state index is 0.0362. The van der Waals surface area contributed by atoms with Crippen molar-refractivity contribution >= 4 is 12.0 Å². The molecule has 6 heteroatoms. The fraction of sp³-hybridized carbons (Fsp3) is 0.800. The number of hydrogen-bond acceptors (Lipinski definition) is 3. The van der Waals surface area contributed by atoms with Crippen LogP contribution in [0.4, 0.5) is 4.79 Å². The summed E-state index contributed by atoms with van der Waals surface area (Å²) in [6.45, 7) is 4.52. The van der Waals surface area contributed by atoms with E-state index in [0.717, 1.165) is 0 Å². The molecule has 0 spiro atoms. The molecule has 2 amide bonds. The van der Waals surface area contributed by atoms with Crippen LogP contribution in [0.1, 0.15) is 26.7 Å². The minimum atomic E-state index is -0.939. The summed E-state index contributed by atoms with van der Waals surface area (Å²) in [6, 6.07) is -0.683. The highest BCUT2D eigenvalue weighted by molar-refractivity contribution is 5.75. The van der Waals surface area contributed by atoms with Crippen LogP contribution in [-0.4, -0.2) is 52.9 Å². The Morgan fingerprint density at radius 3 is 2.50 bits per heavy atom. The molecule has 0 aromatic carbocycles. The molecule has 6 nitrogen and oxygen atoms in total. The fourth-order valence-electron chi connectivity index (χ4n) is 1.28. The molecular formula is C10H20N2O4. The van der Waals surface area contributed by atoms with Gasteiger partial charge in [-0.3, -0.25) is 4.79 Å². The molecule has 0 saturated heterocycles. The molecule has 0 aliphatic carbocycles. The van der Waals surface area contributed by atoms with Gasteiger partial charge in [0.05, 0.1) is 6.42 Å². The molecule has 0 saturated carbocycles. The minimum Gasteiger partial charge on any atom is -0.481 e. The van der Waals surface area contributed by atoms with E-state index in [1.54, 1.807) is 6.92 Å². The normalized spacial score (nSPS) is 11.9. The van der Waals surface area contributed by atoms with Crippen LogP contribution in [0.15, 0.2) is 0 Å². The van der Waals surface area contributed by atoms with Gasteiger partial charge in [0.1, 0.15) is 0 Å². The van der Waals surface area contributed by atoms with Gasteiger partial charge in [0.2, 0.25) is 0 Å². The van der Waals surface area contributed by atoms with Gasteiger partial charge in [-0.25, -0.2) is 4.79 Å². The number of carbonyl (C=O) groups excluding carboxylic acids is 1. The molecule has 94 valence electrons. The molecule has 0 rings (SSSR count). The van der Waals surface area contributed by atoms with E-state index in [1.807, 2.05) is 6.92 Å². The molecule has 0 aromatic rings. The highest BCUT2D eigenvalue weighted by Crippen LogP contribution is 1.96. The van der Waals surface area contributed by atoms with E-state index in [4.69, 9.17) is 10.2 Å². The van der Waals surface area contributed by atoms with Crippen LogP contribution in [0.25, 0.3) is 0 Å². The molecule has 0 aromatic heterocycles. The van der Waals surface area contributed by atoms with Gasteiger partial charge in [-0.15, -0.1) is 0 Å². The zero-order chi connectivity index (χ0) is 12.6. The maximum absolute atomic E-state index is 11.6. The van der Waals surface area contributed by atoms with Crippen LogP contribution in [-0.2, 0) is 4.79 Å². The second-order valence-corrected chi connectivity index (χ2v) is 3.61. The standard InChI is InChI=1S/C10H20N2O4/c1-3-12(5-4-6-13)10(16)11-8(2)7-9(14)15/h8,13H,3-7H2,1-2H3,(H,11,16)(H,14,15). The molecule has 3 N–H and O–H groups in total. The van der Waals surface area contributed by atoms with E-state index in [1.165, 1.54) is 4.90 Å². The molecule has 0 fully saturated rings. The maximum Gasteiger partial charge on any atom is 0.317 e. The molecule has 0 bridgehead atoms. The van der Waals surface area contributed by atoms with Crippen LogP contribution in [0.2, 0.25) is 0 Å². The highest BCUT2D eigenvalue weighted by atomic mass is 16.4. The summed E-state index contributed by atoms with van der Waals surface area (Å²) in [4.78, 5) is 23.6. The van der Waals surface area contributed by atoms with E-state index in [9.17, 15) is 9.59 Å². The van der Waals surface area contributed by atoms with E-state index in [-0.39, 0.29) is 19.1 Å². The molecule has 1 unspecified atom stereocenters. The van der Waals surface area contributed by atoms with Gasteiger partial charge in [0.25, 0.3) is 0 Å². The van der Waals surface area contributed by atoms with Crippen LogP contribution in [0.5, 0.6) is 0 Å². The van der Waals surface area contributed by atoms with Crippen LogP contribution in [0, 0.1) is 0 Å². The molecule has 0 aliphatic rings. The summed E-state index contributed by atoms with van der Waals surface area (Å²) in [5.74, 6) is -0.939. The summed E-state index contributed by atoms with van der Waals surface area (Å²) < 4.78 is 0. The lowest BCUT2D eigenvalue weighted by molar-refractivity contribution is -0.137. The molecule has 0 heterocycles. The summed E-state index contributed by atoms with van der Waals surface area (Å²) in [5.41, 5.74) is 0. The van der Waals surface area contributed by atoms with Gasteiger partial charge in [0, 0.05) is 25.7 Å². The summed E-state index contributed by atoms with van der Waals surface area (Å²) in [5, 5.41) is 19.8. The third kappa shape index (κ3) is 6.23. The predicted molar refractivity (Wildman–Crippen MR) is 59.2 cm³/mol. The number of rotatable bonds is 7. The van der Waals surface area contributed by atoms with Crippen molar-refractivity contribution in [1.82, 2.24) is 10.2 Å². The largest absolute Gasteiger partial charge is 0.481 e. The van der Waals surface area contributed by atoms with Gasteiger partial charge >= 0.3 is 12.0 Å². The van der Waals surface area contributed by atoms with E-state index in [0.29, 0.717) is 19.5 Å². The van der Waals surface area contributed by atoms with Crippen molar-refractivity contribution in [3.63, 3.8) is 0 Å². The Morgan fingerprint density at radius 1 is 1.44 bits per heavy atom. The number of aliphatic hydroxyl groups excluding tert-OH is 1. The van der Waals surface area contributed by atoms with Crippen molar-refractivity contribution in [2.45, 2.75) is 32.7 Å². The number of carboxylic acids is 1. The van der Waals surface area contributed by atoms with Crippen molar-refractivity contribution in [2.24, 2.45) is 0 Å². The quantitative estimate of drug-likeness (QED) is 0.587. The second-order valence-electron chi connectivity index (χ2n) is 3.61. The Kier molecular flexibility index (Phi) is 7.28. The molecule has 1 atom stereocenters. The van der Waals surface area contributed by atoms with Crippen molar-refractivity contribution in [2.75, 3.05) is 19.7 Å². The Hall–Kier alpha value is -1.30. The molecule has 16 heavy (non-hydrogen) atoms. The third-order valence-corrected chi connectivity index (χ3v) is 2.11. The van der Waals surface area contributed by atoms with Crippen LogP contribution >= 0.6 is 0 Å². The lowest BCUT2D eigenvalue weighted by Crippen LogP contribution is -2.44. The lowest BCUT2D eigenvalue weighted by Gasteiger charge is -2.23. The van der Waals surface area contributed by atoms with Crippen LogP contribution < -0.4 is 5.32 Å². The monoisotopic (exact) mass is 232 g/mol. The highest BCUT2D eigenvalue weighted by Gasteiger charge is 2.15. The fourth-order valence-corrected chi connectivity index (χ4v) is 1.28. The zero-order valence-corrected chi connectivity index (χ0v) is 9.77. The van der Waals surface area contributed by atoms with E-state index < -0.39 is 12.0 Å². The van der Waals surface area contributed by atoms with Gasteiger partial charge in [-0.1, -0.05) is 0 Å². The smallest absolute Gasteiger partial charge is 0.317 e. The summed E-state index contributed by atoms with van der Waals surface area (Å²) in [7, 11) is 0. The number of aliphatic hydroxyl groups is 1. The first kappa shape index (κ1) is 14.7. The number of nitrogens with one attached hydrogen (secondary N) is 1. The molecule has 0 radical (unpaired) electrons. The first-order chi connectivity index (χ1) is 7.51. The topological polar surface area (TPSA) is 89.9 Å². The van der Waals surface area contributed by atoms with Gasteiger partial charge in [0.15, 0.2) is 0 Å². The number of nitrogens with zero attached hydrogens (tertiary/aromatic N) is 1. The average Bonchev–Trinajstić information content (AvgIpc) is 2.17. The average molecular weight is 232 g/mol. The number of urea groups is 1. The number of hydrogen-bond donors (Lipinski definition) is 3. The van der Waals surface area contributed by atoms with Crippen molar-refractivity contribution in [3.8, 4) is 0 Å². The Morgan fingerprint density at radius 2 is 2.06 bits per heavy atom. The number of aliphatic carboxylic acids is 1. The Labute approximate surface area is 95.2 Å². The third-order valence-electron chi connectivity index (χ3n) is 2.11. The summed E-state index contributed by atoms with van der Waals surface area (Å²) >= 11 is 0. The first-order valence-corrected chi connectivity index (χ1v) is 5.39. The van der Waals surface area contributed by atoms with E-state index in [2.05, 4.69) is 5.32 Å².